The third-order valence-corrected chi connectivity index (χ3v) is 3.87. The van der Waals surface area contributed by atoms with Gasteiger partial charge in [-0.15, -0.1) is 11.8 Å². The molecule has 0 radical (unpaired) electrons. The summed E-state index contributed by atoms with van der Waals surface area (Å²) < 4.78 is 0. The fourth-order valence-corrected chi connectivity index (χ4v) is 2.23. The Morgan fingerprint density at radius 3 is 2.75 bits per heavy atom. The third-order valence-electron chi connectivity index (χ3n) is 2.65. The van der Waals surface area contributed by atoms with E-state index in [0.29, 0.717) is 10.7 Å². The molecule has 0 aromatic heterocycles. The maximum absolute atomic E-state index is 11.7. The molecule has 3 nitrogen and oxygen atoms in total. The summed E-state index contributed by atoms with van der Waals surface area (Å²) in [7, 11) is 0. The molecule has 86 valence electrons. The number of halogens is 1. The van der Waals surface area contributed by atoms with E-state index in [-0.39, 0.29) is 5.91 Å². The molecule has 2 rings (SSSR count). The molecular formula is C11H13ClN2OS. The van der Waals surface area contributed by atoms with Gasteiger partial charge in [-0.2, -0.15) is 0 Å². The van der Waals surface area contributed by atoms with Gasteiger partial charge in [0, 0.05) is 10.6 Å². The Morgan fingerprint density at radius 1 is 1.56 bits per heavy atom. The van der Waals surface area contributed by atoms with Crippen LogP contribution in [0.2, 0.25) is 5.02 Å². The Bertz CT molecular complexity index is 432. The highest BCUT2D eigenvalue weighted by atomic mass is 35.5. The van der Waals surface area contributed by atoms with Crippen LogP contribution in [0.3, 0.4) is 0 Å². The summed E-state index contributed by atoms with van der Waals surface area (Å²) >= 11 is 7.61. The number of hydrogen-bond acceptors (Lipinski definition) is 3. The summed E-state index contributed by atoms with van der Waals surface area (Å²) in [5, 5.41) is 3.42. The van der Waals surface area contributed by atoms with Gasteiger partial charge in [0.2, 0.25) is 5.91 Å². The Hall–Kier alpha value is -0.710. The van der Waals surface area contributed by atoms with E-state index >= 15 is 0 Å². The molecule has 1 aromatic rings. The van der Waals surface area contributed by atoms with E-state index in [1.165, 1.54) is 0 Å². The number of benzene rings is 1. The lowest BCUT2D eigenvalue weighted by atomic mass is 10.2. The van der Waals surface area contributed by atoms with E-state index < -0.39 is 5.54 Å². The minimum Gasteiger partial charge on any atom is -0.324 e. The van der Waals surface area contributed by atoms with Crippen LogP contribution in [0, 0.1) is 0 Å². The number of hydrogen-bond donors (Lipinski definition) is 2. The molecular weight excluding hydrogens is 244 g/mol. The smallest absolute Gasteiger partial charge is 0.244 e. The van der Waals surface area contributed by atoms with E-state index in [1.807, 2.05) is 18.4 Å². The molecule has 5 heteroatoms. The van der Waals surface area contributed by atoms with Crippen LogP contribution in [0.25, 0.3) is 0 Å². The maximum atomic E-state index is 11.7. The fraction of sp³-hybridized carbons (Fsp3) is 0.364. The highest BCUT2D eigenvalue weighted by molar-refractivity contribution is 7.98. The lowest BCUT2D eigenvalue weighted by Crippen LogP contribution is -2.37. The van der Waals surface area contributed by atoms with Gasteiger partial charge in [-0.05, 0) is 37.3 Å². The van der Waals surface area contributed by atoms with Crippen LogP contribution < -0.4 is 11.1 Å². The lowest BCUT2D eigenvalue weighted by molar-refractivity contribution is -0.118. The van der Waals surface area contributed by atoms with Gasteiger partial charge in [0.05, 0.1) is 10.6 Å². The molecule has 0 atom stereocenters. The second kappa shape index (κ2) is 4.28. The number of carbonyl (C=O) groups excluding carboxylic acids is 1. The molecule has 1 aliphatic carbocycles. The van der Waals surface area contributed by atoms with Gasteiger partial charge in [0.1, 0.15) is 0 Å². The summed E-state index contributed by atoms with van der Waals surface area (Å²) in [5.41, 5.74) is 5.83. The molecule has 0 bridgehead atoms. The van der Waals surface area contributed by atoms with Crippen molar-refractivity contribution in [2.75, 3.05) is 11.6 Å². The van der Waals surface area contributed by atoms with Crippen molar-refractivity contribution in [2.45, 2.75) is 23.3 Å². The van der Waals surface area contributed by atoms with Crippen molar-refractivity contribution < 1.29 is 4.79 Å². The summed E-state index contributed by atoms with van der Waals surface area (Å²) in [4.78, 5) is 12.7. The first kappa shape index (κ1) is 11.8. The van der Waals surface area contributed by atoms with Crippen LogP contribution in [0.5, 0.6) is 0 Å². The second-order valence-electron chi connectivity index (χ2n) is 3.96. The first-order valence-corrected chi connectivity index (χ1v) is 6.59. The molecule has 1 amide bonds. The Kier molecular flexibility index (Phi) is 3.15. The number of carbonyl (C=O) groups is 1. The molecule has 0 heterocycles. The highest BCUT2D eigenvalue weighted by Crippen LogP contribution is 2.34. The fourth-order valence-electron chi connectivity index (χ4n) is 1.36. The minimum absolute atomic E-state index is 0.125. The van der Waals surface area contributed by atoms with Crippen molar-refractivity contribution in [2.24, 2.45) is 5.73 Å². The van der Waals surface area contributed by atoms with Crippen molar-refractivity contribution in [3.8, 4) is 0 Å². The number of nitrogens with one attached hydrogen (secondary N) is 1. The predicted octanol–water partition coefficient (Wildman–Crippen LogP) is 2.49. The number of nitrogens with two attached hydrogens (primary N) is 1. The molecule has 1 fully saturated rings. The standard InChI is InChI=1S/C11H13ClN2OS/c1-16-9-3-2-7(6-8(9)12)14-10(15)11(13)4-5-11/h2-3,6H,4-5,13H2,1H3,(H,14,15). The van der Waals surface area contributed by atoms with E-state index in [9.17, 15) is 4.79 Å². The van der Waals surface area contributed by atoms with Crippen LogP contribution in [-0.4, -0.2) is 17.7 Å². The first-order valence-electron chi connectivity index (χ1n) is 4.99. The largest absolute Gasteiger partial charge is 0.324 e. The maximum Gasteiger partial charge on any atom is 0.244 e. The molecule has 16 heavy (non-hydrogen) atoms. The van der Waals surface area contributed by atoms with Crippen LogP contribution in [0.15, 0.2) is 23.1 Å². The van der Waals surface area contributed by atoms with Crippen LogP contribution >= 0.6 is 23.4 Å². The van der Waals surface area contributed by atoms with E-state index in [1.54, 1.807) is 17.8 Å². The quantitative estimate of drug-likeness (QED) is 0.817. The lowest BCUT2D eigenvalue weighted by Gasteiger charge is -2.11. The van der Waals surface area contributed by atoms with Crippen molar-refractivity contribution in [1.82, 2.24) is 0 Å². The molecule has 1 aliphatic rings. The SMILES string of the molecule is CSc1ccc(NC(=O)C2(N)CC2)cc1Cl. The molecule has 0 spiro atoms. The zero-order chi connectivity index (χ0) is 11.8. The Labute approximate surface area is 104 Å². The summed E-state index contributed by atoms with van der Waals surface area (Å²) in [6, 6.07) is 5.47. The minimum atomic E-state index is -0.648. The van der Waals surface area contributed by atoms with Crippen LogP contribution in [0.4, 0.5) is 5.69 Å². The van der Waals surface area contributed by atoms with Crippen molar-refractivity contribution in [3.63, 3.8) is 0 Å². The van der Waals surface area contributed by atoms with E-state index in [0.717, 1.165) is 17.7 Å². The van der Waals surface area contributed by atoms with Gasteiger partial charge in [-0.3, -0.25) is 4.79 Å². The highest BCUT2D eigenvalue weighted by Gasteiger charge is 2.45. The summed E-state index contributed by atoms with van der Waals surface area (Å²) in [5.74, 6) is -0.125. The van der Waals surface area contributed by atoms with E-state index in [4.69, 9.17) is 17.3 Å². The average molecular weight is 257 g/mol. The third kappa shape index (κ3) is 2.34. The molecule has 3 N–H and O–H groups in total. The number of anilines is 1. The zero-order valence-electron chi connectivity index (χ0n) is 8.92. The molecule has 0 saturated heterocycles. The summed E-state index contributed by atoms with van der Waals surface area (Å²) in [6.07, 6.45) is 3.48. The Morgan fingerprint density at radius 2 is 2.25 bits per heavy atom. The molecule has 1 saturated carbocycles. The van der Waals surface area contributed by atoms with Crippen molar-refractivity contribution >= 4 is 35.0 Å². The van der Waals surface area contributed by atoms with Gasteiger partial charge in [-0.25, -0.2) is 0 Å². The van der Waals surface area contributed by atoms with E-state index in [2.05, 4.69) is 5.32 Å². The normalized spacial score (nSPS) is 16.9. The van der Waals surface area contributed by atoms with Crippen molar-refractivity contribution in [1.29, 1.82) is 0 Å². The monoisotopic (exact) mass is 256 g/mol. The van der Waals surface area contributed by atoms with Gasteiger partial charge in [-0.1, -0.05) is 11.6 Å². The first-order chi connectivity index (χ1) is 7.55. The number of amides is 1. The molecule has 0 unspecified atom stereocenters. The number of rotatable bonds is 3. The predicted molar refractivity (Wildman–Crippen MR) is 68.0 cm³/mol. The van der Waals surface area contributed by atoms with Crippen LogP contribution in [-0.2, 0) is 4.79 Å². The van der Waals surface area contributed by atoms with Gasteiger partial charge < -0.3 is 11.1 Å². The van der Waals surface area contributed by atoms with Crippen molar-refractivity contribution in [3.05, 3.63) is 23.2 Å². The number of thioether (sulfide) groups is 1. The zero-order valence-corrected chi connectivity index (χ0v) is 10.5. The van der Waals surface area contributed by atoms with Crippen LogP contribution in [0.1, 0.15) is 12.8 Å². The second-order valence-corrected chi connectivity index (χ2v) is 5.21. The summed E-state index contributed by atoms with van der Waals surface area (Å²) in [6.45, 7) is 0. The van der Waals surface area contributed by atoms with Gasteiger partial charge in [0.15, 0.2) is 0 Å². The average Bonchev–Trinajstić information content (AvgIpc) is 2.98. The topological polar surface area (TPSA) is 55.1 Å². The van der Waals surface area contributed by atoms with Gasteiger partial charge in [0.25, 0.3) is 0 Å². The molecule has 1 aromatic carbocycles. The van der Waals surface area contributed by atoms with Gasteiger partial charge >= 0.3 is 0 Å². The Balaban J connectivity index is 2.10. The molecule has 0 aliphatic heterocycles.